The Balaban J connectivity index is 2.50. The van der Waals surface area contributed by atoms with Crippen molar-refractivity contribution < 1.29 is 14.6 Å². The summed E-state index contributed by atoms with van der Waals surface area (Å²) in [6.07, 6.45) is 0. The van der Waals surface area contributed by atoms with E-state index in [1.807, 2.05) is 24.4 Å². The molecule has 3 nitrogen and oxygen atoms in total. The molecule has 1 N–H and O–H groups in total. The van der Waals surface area contributed by atoms with Crippen LogP contribution < -0.4 is 4.74 Å². The summed E-state index contributed by atoms with van der Waals surface area (Å²) in [6, 6.07) is 7.24. The third-order valence-electron chi connectivity index (χ3n) is 2.44. The number of thiophene rings is 1. The molecule has 17 heavy (non-hydrogen) atoms. The number of aromatic carboxylic acids is 1. The summed E-state index contributed by atoms with van der Waals surface area (Å²) in [5.41, 5.74) is 2.27. The number of rotatable bonds is 3. The normalized spacial score (nSPS) is 10.2. The van der Waals surface area contributed by atoms with Crippen molar-refractivity contribution in [2.45, 2.75) is 6.92 Å². The number of methoxy groups -OCH3 is 1. The first-order chi connectivity index (χ1) is 8.11. The molecule has 2 aromatic rings. The van der Waals surface area contributed by atoms with Crippen LogP contribution >= 0.6 is 11.3 Å². The Morgan fingerprint density at radius 3 is 2.65 bits per heavy atom. The van der Waals surface area contributed by atoms with Gasteiger partial charge in [0.1, 0.15) is 11.3 Å². The highest BCUT2D eigenvalue weighted by Gasteiger charge is 2.12. The molecule has 0 unspecified atom stereocenters. The van der Waals surface area contributed by atoms with Gasteiger partial charge in [0, 0.05) is 4.88 Å². The zero-order valence-electron chi connectivity index (χ0n) is 9.56. The van der Waals surface area contributed by atoms with E-state index in [0.29, 0.717) is 5.75 Å². The second-order valence-electron chi connectivity index (χ2n) is 3.71. The third-order valence-corrected chi connectivity index (χ3v) is 3.54. The number of hydrogen-bond acceptors (Lipinski definition) is 3. The van der Waals surface area contributed by atoms with Crippen LogP contribution in [0.2, 0.25) is 0 Å². The summed E-state index contributed by atoms with van der Waals surface area (Å²) in [5, 5.41) is 11.1. The standard InChI is InChI=1S/C13H12O3S/c1-8-5-12(17-7-8)9-3-4-11(16-2)10(6-9)13(14)15/h3-7H,1-2H3,(H,14,15). The molecule has 4 heteroatoms. The molecule has 1 aromatic carbocycles. The van der Waals surface area contributed by atoms with Gasteiger partial charge < -0.3 is 9.84 Å². The van der Waals surface area contributed by atoms with Crippen molar-refractivity contribution in [3.05, 3.63) is 40.8 Å². The van der Waals surface area contributed by atoms with Crippen molar-refractivity contribution in [1.82, 2.24) is 0 Å². The maximum absolute atomic E-state index is 11.1. The van der Waals surface area contributed by atoms with Crippen LogP contribution in [0.25, 0.3) is 10.4 Å². The summed E-state index contributed by atoms with van der Waals surface area (Å²) >= 11 is 1.60. The van der Waals surface area contributed by atoms with Crippen molar-refractivity contribution in [2.24, 2.45) is 0 Å². The summed E-state index contributed by atoms with van der Waals surface area (Å²) < 4.78 is 5.03. The summed E-state index contributed by atoms with van der Waals surface area (Å²) in [6.45, 7) is 2.02. The van der Waals surface area contributed by atoms with Gasteiger partial charge in [-0.1, -0.05) is 0 Å². The lowest BCUT2D eigenvalue weighted by Crippen LogP contribution is -2.00. The topological polar surface area (TPSA) is 46.5 Å². The maximum Gasteiger partial charge on any atom is 0.339 e. The Kier molecular flexibility index (Phi) is 3.15. The zero-order valence-corrected chi connectivity index (χ0v) is 10.4. The first-order valence-corrected chi connectivity index (χ1v) is 5.96. The fraction of sp³-hybridized carbons (Fsp3) is 0.154. The Hall–Kier alpha value is -1.81. The minimum absolute atomic E-state index is 0.191. The highest BCUT2D eigenvalue weighted by Crippen LogP contribution is 2.30. The molecule has 0 bridgehead atoms. The van der Waals surface area contributed by atoms with Crippen LogP contribution in [0, 0.1) is 6.92 Å². The van der Waals surface area contributed by atoms with Gasteiger partial charge in [-0.25, -0.2) is 4.79 Å². The van der Waals surface area contributed by atoms with E-state index in [-0.39, 0.29) is 5.56 Å². The molecule has 0 fully saturated rings. The molecule has 1 aromatic heterocycles. The molecule has 0 radical (unpaired) electrons. The predicted octanol–water partition coefficient (Wildman–Crippen LogP) is 3.43. The Morgan fingerprint density at radius 2 is 2.12 bits per heavy atom. The summed E-state index contributed by atoms with van der Waals surface area (Å²) in [5.74, 6) is -0.591. The van der Waals surface area contributed by atoms with Gasteiger partial charge in [0.05, 0.1) is 7.11 Å². The molecular formula is C13H12O3S. The fourth-order valence-corrected chi connectivity index (χ4v) is 2.51. The fourth-order valence-electron chi connectivity index (χ4n) is 1.61. The highest BCUT2D eigenvalue weighted by molar-refractivity contribution is 7.13. The Morgan fingerprint density at radius 1 is 1.35 bits per heavy atom. The van der Waals surface area contributed by atoms with Gasteiger partial charge in [-0.3, -0.25) is 0 Å². The zero-order chi connectivity index (χ0) is 12.4. The quantitative estimate of drug-likeness (QED) is 0.905. The van der Waals surface area contributed by atoms with E-state index in [9.17, 15) is 4.79 Å². The van der Waals surface area contributed by atoms with Gasteiger partial charge in [0.25, 0.3) is 0 Å². The highest BCUT2D eigenvalue weighted by atomic mass is 32.1. The van der Waals surface area contributed by atoms with Crippen molar-refractivity contribution in [3.63, 3.8) is 0 Å². The lowest BCUT2D eigenvalue weighted by molar-refractivity contribution is 0.0693. The van der Waals surface area contributed by atoms with E-state index in [1.54, 1.807) is 23.5 Å². The third kappa shape index (κ3) is 2.31. The molecule has 0 spiro atoms. The molecule has 2 rings (SSSR count). The maximum atomic E-state index is 11.1. The second-order valence-corrected chi connectivity index (χ2v) is 4.62. The number of aryl methyl sites for hydroxylation is 1. The minimum atomic E-state index is -0.975. The molecule has 88 valence electrons. The average Bonchev–Trinajstić information content (AvgIpc) is 2.75. The molecule has 0 saturated heterocycles. The Labute approximate surface area is 103 Å². The minimum Gasteiger partial charge on any atom is -0.496 e. The van der Waals surface area contributed by atoms with Crippen LogP contribution in [0.1, 0.15) is 15.9 Å². The molecule has 0 amide bonds. The number of benzene rings is 1. The van der Waals surface area contributed by atoms with E-state index in [2.05, 4.69) is 0 Å². The van der Waals surface area contributed by atoms with E-state index in [1.165, 1.54) is 12.7 Å². The molecule has 0 aliphatic rings. The van der Waals surface area contributed by atoms with Crippen LogP contribution in [0.4, 0.5) is 0 Å². The first kappa shape index (κ1) is 11.7. The van der Waals surface area contributed by atoms with Gasteiger partial charge >= 0.3 is 5.97 Å². The number of hydrogen-bond donors (Lipinski definition) is 1. The van der Waals surface area contributed by atoms with E-state index < -0.39 is 5.97 Å². The molecule has 0 atom stereocenters. The molecule has 1 heterocycles. The number of carbonyl (C=O) groups is 1. The van der Waals surface area contributed by atoms with Crippen LogP contribution in [0.15, 0.2) is 29.6 Å². The van der Waals surface area contributed by atoms with Crippen molar-refractivity contribution in [1.29, 1.82) is 0 Å². The molecule has 0 aliphatic carbocycles. The van der Waals surface area contributed by atoms with Crippen LogP contribution in [-0.4, -0.2) is 18.2 Å². The largest absolute Gasteiger partial charge is 0.496 e. The van der Waals surface area contributed by atoms with Crippen LogP contribution in [0.3, 0.4) is 0 Å². The average molecular weight is 248 g/mol. The predicted molar refractivity (Wildman–Crippen MR) is 68.0 cm³/mol. The van der Waals surface area contributed by atoms with Gasteiger partial charge in [-0.2, -0.15) is 0 Å². The van der Waals surface area contributed by atoms with Crippen molar-refractivity contribution >= 4 is 17.3 Å². The van der Waals surface area contributed by atoms with Gasteiger partial charge in [-0.05, 0) is 47.7 Å². The summed E-state index contributed by atoms with van der Waals surface area (Å²) in [4.78, 5) is 12.2. The number of ether oxygens (including phenoxy) is 1. The lowest BCUT2D eigenvalue weighted by Gasteiger charge is -2.06. The second kappa shape index (κ2) is 4.59. The SMILES string of the molecule is COc1ccc(-c2cc(C)cs2)cc1C(=O)O. The molecule has 0 saturated carbocycles. The van der Waals surface area contributed by atoms with Crippen LogP contribution in [0.5, 0.6) is 5.75 Å². The van der Waals surface area contributed by atoms with Gasteiger partial charge in [0.2, 0.25) is 0 Å². The molecule has 0 aliphatic heterocycles. The van der Waals surface area contributed by atoms with E-state index in [4.69, 9.17) is 9.84 Å². The van der Waals surface area contributed by atoms with Crippen molar-refractivity contribution in [2.75, 3.05) is 7.11 Å². The smallest absolute Gasteiger partial charge is 0.339 e. The van der Waals surface area contributed by atoms with E-state index >= 15 is 0 Å². The number of carboxylic acid groups (broad SMARTS) is 1. The Bertz CT molecular complexity index is 558. The first-order valence-electron chi connectivity index (χ1n) is 5.08. The number of carboxylic acids is 1. The van der Waals surface area contributed by atoms with Crippen molar-refractivity contribution in [3.8, 4) is 16.2 Å². The van der Waals surface area contributed by atoms with Crippen LogP contribution in [-0.2, 0) is 0 Å². The van der Waals surface area contributed by atoms with Gasteiger partial charge in [-0.15, -0.1) is 11.3 Å². The summed E-state index contributed by atoms with van der Waals surface area (Å²) in [7, 11) is 1.47. The monoisotopic (exact) mass is 248 g/mol. The molecular weight excluding hydrogens is 236 g/mol. The van der Waals surface area contributed by atoms with E-state index in [0.717, 1.165) is 10.4 Å². The van der Waals surface area contributed by atoms with Gasteiger partial charge in [0.15, 0.2) is 0 Å². The lowest BCUT2D eigenvalue weighted by atomic mass is 10.1.